The topological polar surface area (TPSA) is 68.0 Å². The molecule has 3 aromatic rings. The van der Waals surface area contributed by atoms with Crippen molar-refractivity contribution >= 4 is 17.0 Å². The molecular weight excluding hydrogens is 266 g/mol. The number of fused-ring (bicyclic) bond motifs is 1. The van der Waals surface area contributed by atoms with Crippen molar-refractivity contribution < 1.29 is 9.90 Å². The normalized spacial score (nSPS) is 10.9. The fourth-order valence-electron chi connectivity index (χ4n) is 2.49. The third-order valence-corrected chi connectivity index (χ3v) is 3.52. The molecule has 0 aliphatic carbocycles. The Balaban J connectivity index is 1.97. The molecule has 0 unspecified atom stereocenters. The molecule has 0 aliphatic heterocycles. The summed E-state index contributed by atoms with van der Waals surface area (Å²) in [4.78, 5) is 20.0. The van der Waals surface area contributed by atoms with Gasteiger partial charge in [0.2, 0.25) is 0 Å². The standard InChI is InChI=1S/C16H15N3O2/c1-11-18-15-13(16(20)21)6-4-7-14(15)19(11)10-8-12-5-2-3-9-17-12/h2-7,9H,8,10H2,1H3,(H,20,21). The summed E-state index contributed by atoms with van der Waals surface area (Å²) in [5.41, 5.74) is 2.65. The first-order valence-electron chi connectivity index (χ1n) is 6.76. The number of benzene rings is 1. The predicted octanol–water partition coefficient (Wildman–Crippen LogP) is 2.68. The maximum absolute atomic E-state index is 11.3. The van der Waals surface area contributed by atoms with E-state index in [-0.39, 0.29) is 5.56 Å². The number of aromatic carboxylic acids is 1. The van der Waals surface area contributed by atoms with Gasteiger partial charge in [-0.3, -0.25) is 4.98 Å². The lowest BCUT2D eigenvalue weighted by Gasteiger charge is -2.06. The smallest absolute Gasteiger partial charge is 0.337 e. The van der Waals surface area contributed by atoms with E-state index in [0.717, 1.165) is 30.0 Å². The summed E-state index contributed by atoms with van der Waals surface area (Å²) < 4.78 is 2.04. The molecule has 2 heterocycles. The first-order valence-corrected chi connectivity index (χ1v) is 6.76. The highest BCUT2D eigenvalue weighted by atomic mass is 16.4. The van der Waals surface area contributed by atoms with Crippen LogP contribution in [0.4, 0.5) is 0 Å². The molecule has 0 spiro atoms. The lowest BCUT2D eigenvalue weighted by Crippen LogP contribution is -2.04. The van der Waals surface area contributed by atoms with E-state index in [0.29, 0.717) is 5.52 Å². The summed E-state index contributed by atoms with van der Waals surface area (Å²) in [6, 6.07) is 11.1. The van der Waals surface area contributed by atoms with Crippen LogP contribution in [0.25, 0.3) is 11.0 Å². The largest absolute Gasteiger partial charge is 0.478 e. The minimum absolute atomic E-state index is 0.243. The van der Waals surface area contributed by atoms with E-state index < -0.39 is 5.97 Å². The van der Waals surface area contributed by atoms with Gasteiger partial charge in [-0.25, -0.2) is 9.78 Å². The van der Waals surface area contributed by atoms with Crippen LogP contribution in [0.5, 0.6) is 0 Å². The van der Waals surface area contributed by atoms with Gasteiger partial charge >= 0.3 is 5.97 Å². The van der Waals surface area contributed by atoms with Gasteiger partial charge in [-0.15, -0.1) is 0 Å². The van der Waals surface area contributed by atoms with Crippen molar-refractivity contribution in [2.75, 3.05) is 0 Å². The van der Waals surface area contributed by atoms with Crippen molar-refractivity contribution in [3.8, 4) is 0 Å². The summed E-state index contributed by atoms with van der Waals surface area (Å²) >= 11 is 0. The van der Waals surface area contributed by atoms with Gasteiger partial charge in [0.25, 0.3) is 0 Å². The second-order valence-electron chi connectivity index (χ2n) is 4.86. The van der Waals surface area contributed by atoms with E-state index in [9.17, 15) is 9.90 Å². The molecule has 0 atom stereocenters. The fourth-order valence-corrected chi connectivity index (χ4v) is 2.49. The Hall–Kier alpha value is -2.69. The van der Waals surface area contributed by atoms with Crippen LogP contribution < -0.4 is 0 Å². The van der Waals surface area contributed by atoms with Crippen molar-refractivity contribution in [2.24, 2.45) is 0 Å². The maximum atomic E-state index is 11.3. The van der Waals surface area contributed by atoms with E-state index in [1.54, 1.807) is 18.3 Å². The highest BCUT2D eigenvalue weighted by molar-refractivity contribution is 6.01. The highest BCUT2D eigenvalue weighted by Gasteiger charge is 2.14. The van der Waals surface area contributed by atoms with Crippen molar-refractivity contribution in [3.05, 3.63) is 59.7 Å². The Bertz CT molecular complexity index is 794. The van der Waals surface area contributed by atoms with Crippen LogP contribution in [0, 0.1) is 6.92 Å². The van der Waals surface area contributed by atoms with Gasteiger partial charge in [0.15, 0.2) is 0 Å². The van der Waals surface area contributed by atoms with Crippen LogP contribution in [-0.2, 0) is 13.0 Å². The SMILES string of the molecule is Cc1nc2c(C(=O)O)cccc2n1CCc1ccccn1. The quantitative estimate of drug-likeness (QED) is 0.798. The summed E-state index contributed by atoms with van der Waals surface area (Å²) in [5.74, 6) is -0.135. The van der Waals surface area contributed by atoms with Crippen LogP contribution in [0.2, 0.25) is 0 Å². The minimum atomic E-state index is -0.949. The highest BCUT2D eigenvalue weighted by Crippen LogP contribution is 2.20. The van der Waals surface area contributed by atoms with Crippen molar-refractivity contribution in [3.63, 3.8) is 0 Å². The fraction of sp³-hybridized carbons (Fsp3) is 0.188. The van der Waals surface area contributed by atoms with E-state index in [4.69, 9.17) is 0 Å². The molecule has 5 heteroatoms. The lowest BCUT2D eigenvalue weighted by atomic mass is 10.2. The van der Waals surface area contributed by atoms with E-state index >= 15 is 0 Å². The predicted molar refractivity (Wildman–Crippen MR) is 79.4 cm³/mol. The van der Waals surface area contributed by atoms with Gasteiger partial charge in [0, 0.05) is 24.9 Å². The number of carboxylic acid groups (broad SMARTS) is 1. The van der Waals surface area contributed by atoms with Gasteiger partial charge in [-0.1, -0.05) is 12.1 Å². The number of rotatable bonds is 4. The first-order chi connectivity index (χ1) is 10.2. The van der Waals surface area contributed by atoms with Crippen LogP contribution >= 0.6 is 0 Å². The molecule has 0 amide bonds. The molecule has 2 aromatic heterocycles. The molecule has 0 radical (unpaired) electrons. The van der Waals surface area contributed by atoms with Crippen LogP contribution in [0.3, 0.4) is 0 Å². The molecule has 5 nitrogen and oxygen atoms in total. The molecule has 0 saturated carbocycles. The number of nitrogens with zero attached hydrogens (tertiary/aromatic N) is 3. The number of carbonyl (C=O) groups is 1. The van der Waals surface area contributed by atoms with Crippen LogP contribution in [0.1, 0.15) is 21.9 Å². The zero-order chi connectivity index (χ0) is 14.8. The van der Waals surface area contributed by atoms with Gasteiger partial charge in [0.05, 0.1) is 11.1 Å². The monoisotopic (exact) mass is 281 g/mol. The molecule has 0 aliphatic rings. The summed E-state index contributed by atoms with van der Waals surface area (Å²) in [6.45, 7) is 2.62. The van der Waals surface area contributed by atoms with Gasteiger partial charge in [0.1, 0.15) is 11.3 Å². The summed E-state index contributed by atoms with van der Waals surface area (Å²) in [5, 5.41) is 9.23. The second-order valence-corrected chi connectivity index (χ2v) is 4.86. The Morgan fingerprint density at radius 2 is 2.10 bits per heavy atom. The average Bonchev–Trinajstić information content (AvgIpc) is 2.81. The molecule has 106 valence electrons. The van der Waals surface area contributed by atoms with E-state index in [1.165, 1.54) is 0 Å². The van der Waals surface area contributed by atoms with E-state index in [1.807, 2.05) is 35.8 Å². The summed E-state index contributed by atoms with van der Waals surface area (Å²) in [6.07, 6.45) is 2.56. The Morgan fingerprint density at radius 1 is 1.24 bits per heavy atom. The number of carboxylic acids is 1. The number of para-hydroxylation sites is 1. The van der Waals surface area contributed by atoms with Gasteiger partial charge < -0.3 is 9.67 Å². The van der Waals surface area contributed by atoms with Crippen molar-refractivity contribution in [1.82, 2.24) is 14.5 Å². The molecule has 1 N–H and O–H groups in total. The maximum Gasteiger partial charge on any atom is 0.337 e. The minimum Gasteiger partial charge on any atom is -0.478 e. The summed E-state index contributed by atoms with van der Waals surface area (Å²) in [7, 11) is 0. The zero-order valence-electron chi connectivity index (χ0n) is 11.7. The Kier molecular flexibility index (Phi) is 3.39. The van der Waals surface area contributed by atoms with Crippen LogP contribution in [-0.4, -0.2) is 25.6 Å². The number of hydrogen-bond acceptors (Lipinski definition) is 3. The number of imidazole rings is 1. The third-order valence-electron chi connectivity index (χ3n) is 3.52. The number of hydrogen-bond donors (Lipinski definition) is 1. The molecule has 3 rings (SSSR count). The first kappa shape index (κ1) is 13.3. The second kappa shape index (κ2) is 5.36. The molecular formula is C16H15N3O2. The molecule has 0 bridgehead atoms. The average molecular weight is 281 g/mol. The molecule has 21 heavy (non-hydrogen) atoms. The van der Waals surface area contributed by atoms with Crippen LogP contribution in [0.15, 0.2) is 42.6 Å². The number of pyridine rings is 1. The Morgan fingerprint density at radius 3 is 2.81 bits per heavy atom. The van der Waals surface area contributed by atoms with Crippen molar-refractivity contribution in [1.29, 1.82) is 0 Å². The van der Waals surface area contributed by atoms with Gasteiger partial charge in [-0.2, -0.15) is 0 Å². The van der Waals surface area contributed by atoms with Gasteiger partial charge in [-0.05, 0) is 31.2 Å². The Labute approximate surface area is 121 Å². The zero-order valence-corrected chi connectivity index (χ0v) is 11.7. The third kappa shape index (κ3) is 2.50. The van der Waals surface area contributed by atoms with Crippen molar-refractivity contribution in [2.45, 2.75) is 19.9 Å². The number of aryl methyl sites for hydroxylation is 3. The molecule has 0 fully saturated rings. The molecule has 0 saturated heterocycles. The lowest BCUT2D eigenvalue weighted by molar-refractivity contribution is 0.0699. The van der Waals surface area contributed by atoms with E-state index in [2.05, 4.69) is 9.97 Å². The molecule has 1 aromatic carbocycles. The number of aromatic nitrogens is 3.